The van der Waals surface area contributed by atoms with Crippen molar-refractivity contribution >= 4 is 23.2 Å². The SMILES string of the molecule is COc1ccc(Cl)c(Cl)c1C1CCn2cc(CCO)nc2C1. The number of rotatable bonds is 4. The zero-order valence-electron chi connectivity index (χ0n) is 12.4. The molecule has 6 heteroatoms. The van der Waals surface area contributed by atoms with Gasteiger partial charge in [-0.2, -0.15) is 0 Å². The highest BCUT2D eigenvalue weighted by Gasteiger charge is 2.27. The Kier molecular flexibility index (Phi) is 4.62. The lowest BCUT2D eigenvalue weighted by molar-refractivity contribution is 0.298. The number of fused-ring (bicyclic) bond motifs is 1. The predicted molar refractivity (Wildman–Crippen MR) is 87.1 cm³/mol. The molecule has 4 nitrogen and oxygen atoms in total. The fourth-order valence-electron chi connectivity index (χ4n) is 3.08. The van der Waals surface area contributed by atoms with Crippen LogP contribution in [-0.2, 0) is 19.4 Å². The van der Waals surface area contributed by atoms with E-state index in [2.05, 4.69) is 9.55 Å². The summed E-state index contributed by atoms with van der Waals surface area (Å²) in [4.78, 5) is 4.61. The van der Waals surface area contributed by atoms with Crippen molar-refractivity contribution in [2.24, 2.45) is 0 Å². The molecule has 0 amide bonds. The third-order valence-electron chi connectivity index (χ3n) is 4.15. The lowest BCUT2D eigenvalue weighted by atomic mass is 9.89. The molecule has 0 aliphatic carbocycles. The molecule has 1 aromatic heterocycles. The van der Waals surface area contributed by atoms with Crippen molar-refractivity contribution in [3.63, 3.8) is 0 Å². The molecule has 1 atom stereocenters. The lowest BCUT2D eigenvalue weighted by Gasteiger charge is -2.26. The summed E-state index contributed by atoms with van der Waals surface area (Å²) >= 11 is 12.6. The summed E-state index contributed by atoms with van der Waals surface area (Å²) in [6, 6.07) is 3.62. The van der Waals surface area contributed by atoms with Gasteiger partial charge in [-0.1, -0.05) is 23.2 Å². The summed E-state index contributed by atoms with van der Waals surface area (Å²) < 4.78 is 7.62. The number of ether oxygens (including phenoxy) is 1. The van der Waals surface area contributed by atoms with E-state index in [4.69, 9.17) is 33.0 Å². The summed E-state index contributed by atoms with van der Waals surface area (Å²) in [5.74, 6) is 2.03. The van der Waals surface area contributed by atoms with E-state index in [0.29, 0.717) is 16.5 Å². The Hall–Kier alpha value is -1.23. The van der Waals surface area contributed by atoms with Gasteiger partial charge in [-0.05, 0) is 24.5 Å². The van der Waals surface area contributed by atoms with E-state index in [1.165, 1.54) is 0 Å². The maximum atomic E-state index is 9.05. The van der Waals surface area contributed by atoms with Gasteiger partial charge in [0.15, 0.2) is 0 Å². The molecule has 118 valence electrons. The molecule has 0 saturated carbocycles. The minimum Gasteiger partial charge on any atom is -0.496 e. The number of hydrogen-bond donors (Lipinski definition) is 1. The second-order valence-corrected chi connectivity index (χ2v) is 6.27. The molecule has 0 bridgehead atoms. The molecule has 1 N–H and O–H groups in total. The third kappa shape index (κ3) is 2.83. The van der Waals surface area contributed by atoms with Crippen LogP contribution in [0.3, 0.4) is 0 Å². The van der Waals surface area contributed by atoms with Crippen LogP contribution in [0.25, 0.3) is 0 Å². The maximum absolute atomic E-state index is 9.05. The molecule has 0 spiro atoms. The Bertz CT molecular complexity index is 685. The number of aromatic nitrogens is 2. The molecule has 1 unspecified atom stereocenters. The first kappa shape index (κ1) is 15.7. The first-order valence-electron chi connectivity index (χ1n) is 7.31. The topological polar surface area (TPSA) is 47.3 Å². The largest absolute Gasteiger partial charge is 0.496 e. The van der Waals surface area contributed by atoms with Gasteiger partial charge in [0.05, 0.1) is 22.8 Å². The standard InChI is InChI=1S/C16H18Cl2N2O2/c1-22-13-3-2-12(17)16(18)15(13)10-4-6-20-9-11(5-7-21)19-14(20)8-10/h2-3,9-10,21H,4-8H2,1H3. The van der Waals surface area contributed by atoms with Gasteiger partial charge in [0.1, 0.15) is 11.6 Å². The predicted octanol–water partition coefficient (Wildman–Crippen LogP) is 3.46. The summed E-state index contributed by atoms with van der Waals surface area (Å²) in [5, 5.41) is 10.2. The van der Waals surface area contributed by atoms with Gasteiger partial charge in [-0.25, -0.2) is 4.98 Å². The number of hydrogen-bond acceptors (Lipinski definition) is 3. The first-order valence-corrected chi connectivity index (χ1v) is 8.07. The van der Waals surface area contributed by atoms with Gasteiger partial charge < -0.3 is 14.4 Å². The fourth-order valence-corrected chi connectivity index (χ4v) is 3.55. The van der Waals surface area contributed by atoms with E-state index >= 15 is 0 Å². The molecular weight excluding hydrogens is 323 g/mol. The summed E-state index contributed by atoms with van der Waals surface area (Å²) in [7, 11) is 1.65. The quantitative estimate of drug-likeness (QED) is 0.926. The van der Waals surface area contributed by atoms with Gasteiger partial charge in [0.2, 0.25) is 0 Å². The minimum atomic E-state index is 0.119. The molecule has 2 heterocycles. The van der Waals surface area contributed by atoms with Crippen LogP contribution < -0.4 is 4.74 Å². The number of benzene rings is 1. The molecule has 2 aromatic rings. The highest BCUT2D eigenvalue weighted by Crippen LogP contribution is 2.42. The van der Waals surface area contributed by atoms with Crippen molar-refractivity contribution < 1.29 is 9.84 Å². The Balaban J connectivity index is 1.93. The maximum Gasteiger partial charge on any atom is 0.123 e. The van der Waals surface area contributed by atoms with Crippen molar-refractivity contribution in [3.05, 3.63) is 45.5 Å². The highest BCUT2D eigenvalue weighted by molar-refractivity contribution is 6.42. The third-order valence-corrected chi connectivity index (χ3v) is 4.96. The second kappa shape index (κ2) is 6.49. The van der Waals surface area contributed by atoms with Crippen LogP contribution in [0.2, 0.25) is 10.0 Å². The Morgan fingerprint density at radius 3 is 2.95 bits per heavy atom. The van der Waals surface area contributed by atoms with Crippen molar-refractivity contribution in [2.45, 2.75) is 31.7 Å². The normalized spacial score (nSPS) is 17.4. The highest BCUT2D eigenvalue weighted by atomic mass is 35.5. The minimum absolute atomic E-state index is 0.119. The summed E-state index contributed by atoms with van der Waals surface area (Å²) in [6.45, 7) is 0.998. The molecule has 1 aromatic carbocycles. The Morgan fingerprint density at radius 1 is 1.41 bits per heavy atom. The summed E-state index contributed by atoms with van der Waals surface area (Å²) in [6.07, 6.45) is 4.37. The average molecular weight is 341 g/mol. The van der Waals surface area contributed by atoms with E-state index < -0.39 is 0 Å². The number of imidazole rings is 1. The molecule has 0 saturated heterocycles. The van der Waals surface area contributed by atoms with Gasteiger partial charge in [-0.3, -0.25) is 0 Å². The van der Waals surface area contributed by atoms with E-state index in [1.54, 1.807) is 13.2 Å². The molecule has 0 fully saturated rings. The van der Waals surface area contributed by atoms with Crippen molar-refractivity contribution in [2.75, 3.05) is 13.7 Å². The van der Waals surface area contributed by atoms with Crippen LogP contribution in [0.5, 0.6) is 5.75 Å². The van der Waals surface area contributed by atoms with Crippen molar-refractivity contribution in [3.8, 4) is 5.75 Å². The molecule has 22 heavy (non-hydrogen) atoms. The van der Waals surface area contributed by atoms with Crippen molar-refractivity contribution in [1.82, 2.24) is 9.55 Å². The van der Waals surface area contributed by atoms with Gasteiger partial charge in [0, 0.05) is 37.8 Å². The first-order chi connectivity index (χ1) is 10.6. The molecule has 1 aliphatic heterocycles. The molecule has 0 radical (unpaired) electrons. The monoisotopic (exact) mass is 340 g/mol. The Morgan fingerprint density at radius 2 is 2.23 bits per heavy atom. The van der Waals surface area contributed by atoms with Gasteiger partial charge >= 0.3 is 0 Å². The van der Waals surface area contributed by atoms with E-state index in [9.17, 15) is 0 Å². The van der Waals surface area contributed by atoms with Crippen LogP contribution in [-0.4, -0.2) is 28.4 Å². The molecular formula is C16H18Cl2N2O2. The fraction of sp³-hybridized carbons (Fsp3) is 0.438. The van der Waals surface area contributed by atoms with E-state index in [-0.39, 0.29) is 12.5 Å². The van der Waals surface area contributed by atoms with Crippen LogP contribution in [0, 0.1) is 0 Å². The lowest BCUT2D eigenvalue weighted by Crippen LogP contribution is -2.18. The zero-order chi connectivity index (χ0) is 15.7. The Labute approximate surface area is 139 Å². The van der Waals surface area contributed by atoms with Crippen LogP contribution in [0.1, 0.15) is 29.4 Å². The van der Waals surface area contributed by atoms with Crippen LogP contribution >= 0.6 is 23.2 Å². The van der Waals surface area contributed by atoms with Crippen molar-refractivity contribution in [1.29, 1.82) is 0 Å². The van der Waals surface area contributed by atoms with Gasteiger partial charge in [-0.15, -0.1) is 0 Å². The van der Waals surface area contributed by atoms with Crippen LogP contribution in [0.15, 0.2) is 18.3 Å². The number of aliphatic hydroxyl groups is 1. The average Bonchev–Trinajstić information content (AvgIpc) is 2.91. The van der Waals surface area contributed by atoms with Gasteiger partial charge in [0.25, 0.3) is 0 Å². The smallest absolute Gasteiger partial charge is 0.123 e. The number of nitrogens with zero attached hydrogens (tertiary/aromatic N) is 2. The van der Waals surface area contributed by atoms with E-state index in [0.717, 1.165) is 42.2 Å². The van der Waals surface area contributed by atoms with Crippen LogP contribution in [0.4, 0.5) is 0 Å². The second-order valence-electron chi connectivity index (χ2n) is 5.48. The number of aryl methyl sites for hydroxylation is 1. The summed E-state index contributed by atoms with van der Waals surface area (Å²) in [5.41, 5.74) is 1.90. The molecule has 1 aliphatic rings. The zero-order valence-corrected chi connectivity index (χ0v) is 13.9. The van der Waals surface area contributed by atoms with E-state index in [1.807, 2.05) is 12.3 Å². The number of halogens is 2. The number of methoxy groups -OCH3 is 1. The molecule has 3 rings (SSSR count). The number of aliphatic hydroxyl groups excluding tert-OH is 1.